The molecule has 9 nitrogen and oxygen atoms in total. The number of unbranched alkanes of at least 4 members (excludes halogenated alkanes) is 24. The molecule has 1 amide bonds. The summed E-state index contributed by atoms with van der Waals surface area (Å²) < 4.78 is 11.2. The summed E-state index contributed by atoms with van der Waals surface area (Å²) in [6, 6.07) is -0.719. The Balaban J connectivity index is 2.22. The molecule has 7 atom stereocenters. The van der Waals surface area contributed by atoms with E-state index >= 15 is 0 Å². The lowest BCUT2D eigenvalue weighted by Crippen LogP contribution is -2.60. The van der Waals surface area contributed by atoms with Crippen LogP contribution in [-0.4, -0.2) is 87.5 Å². The van der Waals surface area contributed by atoms with Crippen molar-refractivity contribution in [3.63, 3.8) is 0 Å². The van der Waals surface area contributed by atoms with E-state index in [0.717, 1.165) is 51.4 Å². The molecule has 0 bridgehead atoms. The van der Waals surface area contributed by atoms with E-state index in [2.05, 4.69) is 55.6 Å². The summed E-state index contributed by atoms with van der Waals surface area (Å²) in [5, 5.41) is 54.3. The summed E-state index contributed by atoms with van der Waals surface area (Å²) in [7, 11) is 0. The van der Waals surface area contributed by atoms with Crippen LogP contribution in [0.25, 0.3) is 0 Å². The summed E-state index contributed by atoms with van der Waals surface area (Å²) in [5.74, 6) is -0.151. The summed E-state index contributed by atoms with van der Waals surface area (Å²) in [6.45, 7) is 3.80. The molecule has 0 aromatic heterocycles. The number of aliphatic hydroxyl groups is 5. The molecular formula is C49H91NO8. The molecule has 340 valence electrons. The fraction of sp³-hybridized carbons (Fsp3) is 0.857. The van der Waals surface area contributed by atoms with Gasteiger partial charge in [0.2, 0.25) is 5.91 Å². The van der Waals surface area contributed by atoms with Crippen LogP contribution >= 0.6 is 0 Å². The van der Waals surface area contributed by atoms with Crippen molar-refractivity contribution in [3.8, 4) is 0 Å². The van der Waals surface area contributed by atoms with E-state index in [1.165, 1.54) is 135 Å². The van der Waals surface area contributed by atoms with Crippen molar-refractivity contribution >= 4 is 5.91 Å². The standard InChI is InChI=1S/C49H91NO8/c1-3-5-7-9-11-13-15-16-17-18-19-20-21-22-23-24-25-26-27-28-29-31-33-35-37-39-45(53)50-42(41-57-49-48(56)47(55)46(54)44(40-51)58-49)43(52)38-36-34-32-30-14-12-10-8-6-4-2/h15-16,18-19,21-22,42-44,46-49,51-52,54-56H,3-14,17,20,23-41H2,1-2H3,(H,50,53)/b16-15-,19-18-,22-21-. The minimum absolute atomic E-state index is 0.140. The highest BCUT2D eigenvalue weighted by Gasteiger charge is 2.44. The second kappa shape index (κ2) is 39.5. The van der Waals surface area contributed by atoms with E-state index in [9.17, 15) is 30.3 Å². The molecule has 6 N–H and O–H groups in total. The van der Waals surface area contributed by atoms with E-state index in [4.69, 9.17) is 9.47 Å². The van der Waals surface area contributed by atoms with Crippen molar-refractivity contribution in [2.75, 3.05) is 13.2 Å². The van der Waals surface area contributed by atoms with E-state index in [-0.39, 0.29) is 12.5 Å². The van der Waals surface area contributed by atoms with Crippen molar-refractivity contribution in [2.24, 2.45) is 0 Å². The minimum Gasteiger partial charge on any atom is -0.394 e. The van der Waals surface area contributed by atoms with E-state index < -0.39 is 49.5 Å². The average molecular weight is 822 g/mol. The number of hydrogen-bond donors (Lipinski definition) is 6. The Hall–Kier alpha value is -1.59. The summed E-state index contributed by atoms with van der Waals surface area (Å²) >= 11 is 0. The molecule has 0 spiro atoms. The first-order valence-corrected chi connectivity index (χ1v) is 24.2. The third-order valence-electron chi connectivity index (χ3n) is 11.5. The number of nitrogens with one attached hydrogen (secondary N) is 1. The first kappa shape index (κ1) is 54.4. The Morgan fingerprint density at radius 3 is 1.50 bits per heavy atom. The quantitative estimate of drug-likeness (QED) is 0.0264. The van der Waals surface area contributed by atoms with Gasteiger partial charge < -0.3 is 40.3 Å². The summed E-state index contributed by atoms with van der Waals surface area (Å²) in [5.41, 5.74) is 0. The Bertz CT molecular complexity index is 1000. The highest BCUT2D eigenvalue weighted by molar-refractivity contribution is 5.76. The lowest BCUT2D eigenvalue weighted by atomic mass is 9.99. The molecule has 0 radical (unpaired) electrons. The molecule has 1 heterocycles. The molecule has 7 unspecified atom stereocenters. The second-order valence-corrected chi connectivity index (χ2v) is 16.9. The van der Waals surface area contributed by atoms with Crippen molar-refractivity contribution in [1.29, 1.82) is 0 Å². The number of aliphatic hydroxyl groups excluding tert-OH is 5. The summed E-state index contributed by atoms with van der Waals surface area (Å²) in [6.07, 6.45) is 41.6. The number of amides is 1. The van der Waals surface area contributed by atoms with Gasteiger partial charge in [-0.3, -0.25) is 4.79 Å². The average Bonchev–Trinajstić information content (AvgIpc) is 3.22. The molecule has 1 aliphatic rings. The van der Waals surface area contributed by atoms with Crippen molar-refractivity contribution in [1.82, 2.24) is 5.32 Å². The van der Waals surface area contributed by atoms with E-state index in [0.29, 0.717) is 12.8 Å². The second-order valence-electron chi connectivity index (χ2n) is 16.9. The maximum absolute atomic E-state index is 13.0. The Morgan fingerprint density at radius 2 is 1.02 bits per heavy atom. The van der Waals surface area contributed by atoms with Crippen LogP contribution in [0.1, 0.15) is 213 Å². The Kier molecular flexibility index (Phi) is 37.1. The van der Waals surface area contributed by atoms with Gasteiger partial charge >= 0.3 is 0 Å². The van der Waals surface area contributed by atoms with Crippen LogP contribution in [0.4, 0.5) is 0 Å². The number of ether oxygens (including phenoxy) is 2. The van der Waals surface area contributed by atoms with Gasteiger partial charge in [0.25, 0.3) is 0 Å². The number of rotatable bonds is 40. The van der Waals surface area contributed by atoms with Gasteiger partial charge in [0.05, 0.1) is 25.4 Å². The Morgan fingerprint density at radius 1 is 0.586 bits per heavy atom. The molecule has 9 heteroatoms. The van der Waals surface area contributed by atoms with Gasteiger partial charge in [0.15, 0.2) is 6.29 Å². The molecular weight excluding hydrogens is 731 g/mol. The van der Waals surface area contributed by atoms with Crippen LogP contribution in [0.15, 0.2) is 36.5 Å². The molecule has 0 aliphatic carbocycles. The molecule has 1 rings (SSSR count). The maximum Gasteiger partial charge on any atom is 0.220 e. The van der Waals surface area contributed by atoms with Gasteiger partial charge in [-0.2, -0.15) is 0 Å². The lowest BCUT2D eigenvalue weighted by molar-refractivity contribution is -0.302. The molecule has 0 aromatic carbocycles. The SMILES string of the molecule is CCCCCCC/C=C\C/C=C\C/C=C\CCCCCCCCCCCCC(=O)NC(COC1OC(CO)C(O)C(O)C1O)C(O)CCCCCCCCCCCC. The third kappa shape index (κ3) is 29.6. The van der Waals surface area contributed by atoms with Crippen LogP contribution < -0.4 is 5.32 Å². The molecule has 1 saturated heterocycles. The lowest BCUT2D eigenvalue weighted by Gasteiger charge is -2.40. The predicted molar refractivity (Wildman–Crippen MR) is 240 cm³/mol. The van der Waals surface area contributed by atoms with Crippen molar-refractivity contribution < 1.29 is 39.8 Å². The minimum atomic E-state index is -1.55. The first-order valence-electron chi connectivity index (χ1n) is 24.2. The third-order valence-corrected chi connectivity index (χ3v) is 11.5. The van der Waals surface area contributed by atoms with E-state index in [1.807, 2.05) is 0 Å². The van der Waals surface area contributed by atoms with E-state index in [1.54, 1.807) is 0 Å². The fourth-order valence-corrected chi connectivity index (χ4v) is 7.58. The predicted octanol–water partition coefficient (Wildman–Crippen LogP) is 10.5. The fourth-order valence-electron chi connectivity index (χ4n) is 7.58. The van der Waals surface area contributed by atoms with Gasteiger partial charge in [0.1, 0.15) is 24.4 Å². The normalized spacial score (nSPS) is 21.1. The number of carbonyl (C=O) groups is 1. The largest absolute Gasteiger partial charge is 0.394 e. The zero-order chi connectivity index (χ0) is 42.3. The summed E-state index contributed by atoms with van der Waals surface area (Å²) in [4.78, 5) is 13.0. The van der Waals surface area contributed by atoms with Gasteiger partial charge in [0, 0.05) is 6.42 Å². The van der Waals surface area contributed by atoms with Crippen LogP contribution in [0, 0.1) is 0 Å². The highest BCUT2D eigenvalue weighted by Crippen LogP contribution is 2.23. The topological polar surface area (TPSA) is 149 Å². The molecule has 1 fully saturated rings. The van der Waals surface area contributed by atoms with Crippen molar-refractivity contribution in [3.05, 3.63) is 36.5 Å². The van der Waals surface area contributed by atoms with Crippen LogP contribution in [0.3, 0.4) is 0 Å². The molecule has 0 aromatic rings. The first-order chi connectivity index (χ1) is 28.3. The maximum atomic E-state index is 13.0. The van der Waals surface area contributed by atoms with Gasteiger partial charge in [-0.15, -0.1) is 0 Å². The Labute approximate surface area is 355 Å². The van der Waals surface area contributed by atoms with Gasteiger partial charge in [-0.25, -0.2) is 0 Å². The molecule has 58 heavy (non-hydrogen) atoms. The van der Waals surface area contributed by atoms with Crippen LogP contribution in [0.5, 0.6) is 0 Å². The molecule has 1 aliphatic heterocycles. The van der Waals surface area contributed by atoms with Crippen LogP contribution in [-0.2, 0) is 14.3 Å². The zero-order valence-electron chi connectivity index (χ0n) is 37.3. The number of hydrogen-bond acceptors (Lipinski definition) is 8. The number of carbonyl (C=O) groups excluding carboxylic acids is 1. The number of allylic oxidation sites excluding steroid dienone is 6. The van der Waals surface area contributed by atoms with Gasteiger partial charge in [-0.1, -0.05) is 192 Å². The van der Waals surface area contributed by atoms with Gasteiger partial charge in [-0.05, 0) is 51.4 Å². The zero-order valence-corrected chi connectivity index (χ0v) is 37.3. The van der Waals surface area contributed by atoms with Crippen molar-refractivity contribution in [2.45, 2.75) is 256 Å². The highest BCUT2D eigenvalue weighted by atomic mass is 16.7. The smallest absolute Gasteiger partial charge is 0.220 e. The molecule has 0 saturated carbocycles. The van der Waals surface area contributed by atoms with Crippen LogP contribution in [0.2, 0.25) is 0 Å². The monoisotopic (exact) mass is 822 g/mol.